The topological polar surface area (TPSA) is 53.5 Å². The zero-order chi connectivity index (χ0) is 18.9. The highest BCUT2D eigenvalue weighted by Gasteiger charge is 2.40. The predicted octanol–water partition coefficient (Wildman–Crippen LogP) is 2.87. The number of ether oxygens (including phenoxy) is 1. The van der Waals surface area contributed by atoms with E-state index in [1.807, 2.05) is 0 Å². The lowest BCUT2D eigenvalue weighted by Crippen LogP contribution is -2.36. The van der Waals surface area contributed by atoms with Gasteiger partial charge in [-0.05, 0) is 55.2 Å². The molecule has 2 aliphatic heterocycles. The Morgan fingerprint density at radius 1 is 1.07 bits per heavy atom. The third-order valence-electron chi connectivity index (χ3n) is 6.34. The van der Waals surface area contributed by atoms with Gasteiger partial charge in [-0.3, -0.25) is 0 Å². The van der Waals surface area contributed by atoms with Crippen LogP contribution in [-0.2, 0) is 4.74 Å². The Hall–Kier alpha value is -1.40. The summed E-state index contributed by atoms with van der Waals surface area (Å²) in [4.78, 5) is 4.93. The summed E-state index contributed by atoms with van der Waals surface area (Å²) in [6.07, 6.45) is 3.83. The minimum absolute atomic E-state index is 0.438. The fourth-order valence-corrected chi connectivity index (χ4v) is 4.76. The third-order valence-corrected chi connectivity index (χ3v) is 6.34. The van der Waals surface area contributed by atoms with Crippen LogP contribution in [0.1, 0.15) is 40.0 Å². The fraction of sp³-hybridized carbons (Fsp3) is 0.810. The quantitative estimate of drug-likeness (QED) is 0.857. The molecule has 1 N–H and O–H groups in total. The number of hydrogen-bond acceptors (Lipinski definition) is 6. The lowest BCUT2D eigenvalue weighted by molar-refractivity contribution is 0.122. The molecule has 1 saturated carbocycles. The van der Waals surface area contributed by atoms with Crippen LogP contribution >= 0.6 is 0 Å². The van der Waals surface area contributed by atoms with Crippen molar-refractivity contribution in [1.82, 2.24) is 15.1 Å². The van der Waals surface area contributed by atoms with Crippen LogP contribution in [0.25, 0.3) is 0 Å². The summed E-state index contributed by atoms with van der Waals surface area (Å²) in [5.41, 5.74) is 0.438. The van der Waals surface area contributed by atoms with E-state index < -0.39 is 0 Å². The maximum Gasteiger partial charge on any atom is 0.151 e. The van der Waals surface area contributed by atoms with E-state index in [1.165, 1.54) is 38.9 Å². The lowest BCUT2D eigenvalue weighted by Gasteiger charge is -2.27. The van der Waals surface area contributed by atoms with Gasteiger partial charge in [0.15, 0.2) is 5.82 Å². The van der Waals surface area contributed by atoms with Crippen molar-refractivity contribution in [2.45, 2.75) is 46.1 Å². The lowest BCUT2D eigenvalue weighted by atomic mass is 9.92. The fourth-order valence-electron chi connectivity index (χ4n) is 4.76. The minimum atomic E-state index is 0.438. The van der Waals surface area contributed by atoms with Gasteiger partial charge in [0, 0.05) is 32.2 Å². The average molecular weight is 374 g/mol. The summed E-state index contributed by atoms with van der Waals surface area (Å²) in [5.74, 6) is 3.58. The van der Waals surface area contributed by atoms with Crippen molar-refractivity contribution in [3.8, 4) is 0 Å². The van der Waals surface area contributed by atoms with Crippen LogP contribution in [0.15, 0.2) is 12.1 Å². The van der Waals surface area contributed by atoms with Crippen LogP contribution in [0, 0.1) is 17.3 Å². The van der Waals surface area contributed by atoms with Crippen LogP contribution in [0.4, 0.5) is 11.6 Å². The van der Waals surface area contributed by atoms with Gasteiger partial charge in [0.25, 0.3) is 0 Å². The Morgan fingerprint density at radius 3 is 2.37 bits per heavy atom. The Morgan fingerprint density at radius 2 is 1.78 bits per heavy atom. The monoisotopic (exact) mass is 373 g/mol. The number of fused-ring (bicyclic) bond motifs is 1. The van der Waals surface area contributed by atoms with Gasteiger partial charge >= 0.3 is 0 Å². The Balaban J connectivity index is 1.24. The maximum absolute atomic E-state index is 5.40. The third kappa shape index (κ3) is 4.91. The van der Waals surface area contributed by atoms with Gasteiger partial charge in [0.05, 0.1) is 13.2 Å². The summed E-state index contributed by atoms with van der Waals surface area (Å²) >= 11 is 0. The SMILES string of the molecule is CC(C)(C)CCN1CC2CC(Nc3ccc(N4CCOCC4)nn3)C[C@@H]2C1. The molecule has 0 amide bonds. The van der Waals surface area contributed by atoms with E-state index in [2.05, 4.69) is 58.2 Å². The van der Waals surface area contributed by atoms with Crippen LogP contribution in [-0.4, -0.2) is 67.1 Å². The first-order valence-corrected chi connectivity index (χ1v) is 10.6. The molecule has 0 spiro atoms. The van der Waals surface area contributed by atoms with E-state index in [4.69, 9.17) is 4.74 Å². The summed E-state index contributed by atoms with van der Waals surface area (Å²) < 4.78 is 5.40. The Bertz CT molecular complexity index is 594. The molecule has 3 heterocycles. The van der Waals surface area contributed by atoms with Gasteiger partial charge in [-0.15, -0.1) is 10.2 Å². The molecule has 1 aromatic rings. The number of nitrogens with one attached hydrogen (secondary N) is 1. The number of anilines is 2. The van der Waals surface area contributed by atoms with Crippen molar-refractivity contribution in [3.05, 3.63) is 12.1 Å². The largest absolute Gasteiger partial charge is 0.378 e. The van der Waals surface area contributed by atoms with Gasteiger partial charge < -0.3 is 19.9 Å². The molecular weight excluding hydrogens is 338 g/mol. The average Bonchev–Trinajstić information content (AvgIpc) is 3.19. The molecule has 150 valence electrons. The van der Waals surface area contributed by atoms with Crippen molar-refractivity contribution in [3.63, 3.8) is 0 Å². The zero-order valence-electron chi connectivity index (χ0n) is 17.2. The minimum Gasteiger partial charge on any atom is -0.378 e. The first-order valence-electron chi connectivity index (χ1n) is 10.6. The molecule has 0 aromatic carbocycles. The highest BCUT2D eigenvalue weighted by Crippen LogP contribution is 2.39. The first kappa shape index (κ1) is 18.9. The Labute approximate surface area is 163 Å². The van der Waals surface area contributed by atoms with Crippen molar-refractivity contribution in [2.75, 3.05) is 56.2 Å². The molecule has 0 bridgehead atoms. The van der Waals surface area contributed by atoms with Crippen LogP contribution in [0.3, 0.4) is 0 Å². The summed E-state index contributed by atoms with van der Waals surface area (Å²) in [5, 5.41) is 12.5. The van der Waals surface area contributed by atoms with E-state index >= 15 is 0 Å². The van der Waals surface area contributed by atoms with E-state index in [0.29, 0.717) is 11.5 Å². The van der Waals surface area contributed by atoms with Gasteiger partial charge in [0.2, 0.25) is 0 Å². The van der Waals surface area contributed by atoms with Crippen LogP contribution < -0.4 is 10.2 Å². The molecule has 4 rings (SSSR count). The van der Waals surface area contributed by atoms with Gasteiger partial charge in [-0.2, -0.15) is 0 Å². The molecule has 1 aliphatic carbocycles. The van der Waals surface area contributed by atoms with Crippen LogP contribution in [0.5, 0.6) is 0 Å². The number of rotatable bonds is 5. The molecule has 0 radical (unpaired) electrons. The molecule has 1 aromatic heterocycles. The van der Waals surface area contributed by atoms with Gasteiger partial charge in [-0.25, -0.2) is 0 Å². The van der Waals surface area contributed by atoms with Crippen molar-refractivity contribution >= 4 is 11.6 Å². The van der Waals surface area contributed by atoms with E-state index in [1.54, 1.807) is 0 Å². The molecule has 6 nitrogen and oxygen atoms in total. The smallest absolute Gasteiger partial charge is 0.151 e. The number of aromatic nitrogens is 2. The molecule has 3 fully saturated rings. The van der Waals surface area contributed by atoms with Gasteiger partial charge in [0.1, 0.15) is 5.82 Å². The van der Waals surface area contributed by atoms with E-state index in [9.17, 15) is 0 Å². The molecule has 6 heteroatoms. The highest BCUT2D eigenvalue weighted by molar-refractivity contribution is 5.44. The molecular formula is C21H35N5O. The van der Waals surface area contributed by atoms with Crippen molar-refractivity contribution < 1.29 is 4.74 Å². The molecule has 2 saturated heterocycles. The number of morpholine rings is 1. The van der Waals surface area contributed by atoms with E-state index in [-0.39, 0.29) is 0 Å². The Kier molecular flexibility index (Phi) is 5.55. The van der Waals surface area contributed by atoms with Crippen molar-refractivity contribution in [2.24, 2.45) is 17.3 Å². The second kappa shape index (κ2) is 7.92. The molecule has 27 heavy (non-hydrogen) atoms. The van der Waals surface area contributed by atoms with E-state index in [0.717, 1.165) is 49.8 Å². The number of hydrogen-bond donors (Lipinski definition) is 1. The summed E-state index contributed by atoms with van der Waals surface area (Å²) in [7, 11) is 0. The molecule has 3 atom stereocenters. The van der Waals surface area contributed by atoms with Gasteiger partial charge in [-0.1, -0.05) is 20.8 Å². The highest BCUT2D eigenvalue weighted by atomic mass is 16.5. The second-order valence-electron chi connectivity index (χ2n) is 9.78. The number of nitrogens with zero attached hydrogens (tertiary/aromatic N) is 4. The predicted molar refractivity (Wildman–Crippen MR) is 109 cm³/mol. The van der Waals surface area contributed by atoms with Crippen LogP contribution in [0.2, 0.25) is 0 Å². The second-order valence-corrected chi connectivity index (χ2v) is 9.78. The molecule has 3 aliphatic rings. The standard InChI is InChI=1S/C21H35N5O/c1-21(2,3)6-7-25-14-16-12-18(13-17(16)15-25)22-19-4-5-20(24-23-19)26-8-10-27-11-9-26/h4-5,16-18H,6-15H2,1-3H3,(H,22,23)/t16-,17?,18?/m1/s1. The normalized spacial score (nSPS) is 29.1. The van der Waals surface area contributed by atoms with Crippen molar-refractivity contribution in [1.29, 1.82) is 0 Å². The maximum atomic E-state index is 5.40. The summed E-state index contributed by atoms with van der Waals surface area (Å²) in [6.45, 7) is 14.2. The number of likely N-dealkylation sites (tertiary alicyclic amines) is 1. The first-order chi connectivity index (χ1) is 13.0. The summed E-state index contributed by atoms with van der Waals surface area (Å²) in [6, 6.07) is 4.72. The zero-order valence-corrected chi connectivity index (χ0v) is 17.2. The molecule has 2 unspecified atom stereocenters.